The Balaban J connectivity index is 1.26. The van der Waals surface area contributed by atoms with E-state index in [4.69, 9.17) is 9.97 Å². The van der Waals surface area contributed by atoms with E-state index in [1.54, 1.807) is 11.3 Å². The van der Waals surface area contributed by atoms with Gasteiger partial charge in [0.2, 0.25) is 5.95 Å². The first kappa shape index (κ1) is 30.8. The van der Waals surface area contributed by atoms with Crippen molar-refractivity contribution in [3.63, 3.8) is 0 Å². The van der Waals surface area contributed by atoms with E-state index in [0.29, 0.717) is 5.95 Å². The van der Waals surface area contributed by atoms with Crippen molar-refractivity contribution in [2.75, 3.05) is 0 Å². The molecule has 0 aliphatic carbocycles. The van der Waals surface area contributed by atoms with Gasteiger partial charge in [-0.3, -0.25) is 4.57 Å². The lowest BCUT2D eigenvalue weighted by molar-refractivity contribution is 1.02. The summed E-state index contributed by atoms with van der Waals surface area (Å²) < 4.78 is 7.21. The van der Waals surface area contributed by atoms with Crippen LogP contribution in [-0.4, -0.2) is 14.5 Å². The predicted molar refractivity (Wildman–Crippen MR) is 236 cm³/mol. The Kier molecular flexibility index (Phi) is 6.67. The van der Waals surface area contributed by atoms with Crippen molar-refractivity contribution >= 4 is 95.7 Å². The molecule has 0 saturated heterocycles. The molecule has 0 N–H and O–H groups in total. The van der Waals surface area contributed by atoms with E-state index in [9.17, 15) is 0 Å². The van der Waals surface area contributed by atoms with Crippen LogP contribution >= 0.6 is 22.7 Å². The SMILES string of the molecule is c1ccc(-c2cc(-c3ccccc3)cc(-c3nc(-n4c5ccccc5c5c6ccccc6c6sc7ccccc7c6c54)nc4c3sc3ccccc34)c2)cc1. The van der Waals surface area contributed by atoms with Crippen LogP contribution in [0.5, 0.6) is 0 Å². The molecule has 0 saturated carbocycles. The Morgan fingerprint density at radius 3 is 1.62 bits per heavy atom. The number of para-hydroxylation sites is 1. The number of hydrogen-bond donors (Lipinski definition) is 0. The van der Waals surface area contributed by atoms with Gasteiger partial charge < -0.3 is 0 Å². The molecule has 0 aliphatic heterocycles. The van der Waals surface area contributed by atoms with Crippen LogP contribution in [0.3, 0.4) is 0 Å². The van der Waals surface area contributed by atoms with Crippen molar-refractivity contribution in [3.8, 4) is 39.5 Å². The molecule has 0 unspecified atom stereocenters. The molecule has 0 spiro atoms. The molecule has 256 valence electrons. The summed E-state index contributed by atoms with van der Waals surface area (Å²) in [6, 6.07) is 63.4. The zero-order valence-electron chi connectivity index (χ0n) is 29.4. The van der Waals surface area contributed by atoms with Crippen molar-refractivity contribution < 1.29 is 0 Å². The van der Waals surface area contributed by atoms with Crippen molar-refractivity contribution in [1.82, 2.24) is 14.5 Å². The molecule has 12 aromatic rings. The highest BCUT2D eigenvalue weighted by molar-refractivity contribution is 7.27. The topological polar surface area (TPSA) is 30.7 Å². The van der Waals surface area contributed by atoms with Crippen LogP contribution in [0, 0.1) is 0 Å². The van der Waals surface area contributed by atoms with Crippen LogP contribution in [0.4, 0.5) is 0 Å². The zero-order chi connectivity index (χ0) is 36.0. The zero-order valence-corrected chi connectivity index (χ0v) is 31.0. The Hall–Kier alpha value is -6.66. The van der Waals surface area contributed by atoms with Gasteiger partial charge in [0, 0.05) is 52.0 Å². The number of rotatable bonds is 4. The lowest BCUT2D eigenvalue weighted by Gasteiger charge is -2.14. The van der Waals surface area contributed by atoms with Gasteiger partial charge in [0.05, 0.1) is 26.9 Å². The maximum atomic E-state index is 5.70. The van der Waals surface area contributed by atoms with Crippen molar-refractivity contribution in [3.05, 3.63) is 176 Å². The van der Waals surface area contributed by atoms with Crippen LogP contribution in [0.2, 0.25) is 0 Å². The molecule has 0 radical (unpaired) electrons. The fraction of sp³-hybridized carbons (Fsp3) is 0. The molecule has 5 heteroatoms. The van der Waals surface area contributed by atoms with Gasteiger partial charge >= 0.3 is 0 Å². The van der Waals surface area contributed by atoms with Crippen LogP contribution in [0.25, 0.3) is 113 Å². The van der Waals surface area contributed by atoms with Gasteiger partial charge in [-0.25, -0.2) is 9.97 Å². The fourth-order valence-electron chi connectivity index (χ4n) is 8.56. The van der Waals surface area contributed by atoms with E-state index in [1.165, 1.54) is 57.5 Å². The summed E-state index contributed by atoms with van der Waals surface area (Å²) in [5.41, 5.74) is 9.88. The molecule has 0 bridgehead atoms. The van der Waals surface area contributed by atoms with Gasteiger partial charge in [0.15, 0.2) is 0 Å². The first-order valence-electron chi connectivity index (χ1n) is 18.5. The van der Waals surface area contributed by atoms with Crippen LogP contribution in [0.15, 0.2) is 176 Å². The smallest absolute Gasteiger partial charge is 0.235 e. The predicted octanol–water partition coefficient (Wildman–Crippen LogP) is 14.5. The minimum atomic E-state index is 0.676. The van der Waals surface area contributed by atoms with Crippen molar-refractivity contribution in [2.24, 2.45) is 0 Å². The van der Waals surface area contributed by atoms with E-state index < -0.39 is 0 Å². The number of thiophene rings is 2. The maximum Gasteiger partial charge on any atom is 0.235 e. The standard InChI is InChI=1S/C50H29N3S2/c1-3-15-30(16-4-1)32-27-33(31-17-5-2-6-18-31)29-34(28-32)45-49-46(39-23-11-14-26-42(39)55-49)52-50(51-45)53-40-24-12-9-21-37(40)43-35-19-7-8-20-36(35)48-44(47(43)53)38-22-10-13-25-41(38)54-48/h1-29H. The molecule has 0 atom stereocenters. The molecular weight excluding hydrogens is 707 g/mol. The molecule has 4 heterocycles. The average molecular weight is 736 g/mol. The average Bonchev–Trinajstić information content (AvgIpc) is 3.94. The molecule has 0 amide bonds. The third kappa shape index (κ3) is 4.61. The van der Waals surface area contributed by atoms with Gasteiger partial charge in [-0.05, 0) is 64.0 Å². The summed E-state index contributed by atoms with van der Waals surface area (Å²) in [6.45, 7) is 0. The lowest BCUT2D eigenvalue weighted by atomic mass is 9.95. The monoisotopic (exact) mass is 735 g/mol. The Bertz CT molecular complexity index is 3430. The number of nitrogens with zero attached hydrogens (tertiary/aromatic N) is 3. The minimum Gasteiger partial charge on any atom is -0.277 e. The lowest BCUT2D eigenvalue weighted by Crippen LogP contribution is -2.03. The van der Waals surface area contributed by atoms with Gasteiger partial charge in [-0.1, -0.05) is 140 Å². The summed E-state index contributed by atoms with van der Waals surface area (Å²) in [6.07, 6.45) is 0. The van der Waals surface area contributed by atoms with Gasteiger partial charge in [0.1, 0.15) is 0 Å². The molecule has 3 nitrogen and oxygen atoms in total. The Morgan fingerprint density at radius 2 is 0.909 bits per heavy atom. The number of fused-ring (bicyclic) bond motifs is 13. The fourth-order valence-corrected chi connectivity index (χ4v) is 11.0. The summed E-state index contributed by atoms with van der Waals surface area (Å²) in [5, 5.41) is 8.62. The second-order valence-corrected chi connectivity index (χ2v) is 16.2. The maximum absolute atomic E-state index is 5.70. The second-order valence-electron chi connectivity index (χ2n) is 14.1. The summed E-state index contributed by atoms with van der Waals surface area (Å²) in [4.78, 5) is 11.3. The molecule has 0 aliphatic rings. The highest BCUT2D eigenvalue weighted by Gasteiger charge is 2.25. The first-order chi connectivity index (χ1) is 27.3. The second kappa shape index (κ2) is 11.9. The minimum absolute atomic E-state index is 0.676. The third-order valence-electron chi connectivity index (χ3n) is 11.0. The van der Waals surface area contributed by atoms with Crippen LogP contribution in [-0.2, 0) is 0 Å². The normalized spacial score (nSPS) is 12.0. The van der Waals surface area contributed by atoms with E-state index in [2.05, 4.69) is 180 Å². The summed E-state index contributed by atoms with van der Waals surface area (Å²) >= 11 is 3.65. The number of hydrogen-bond acceptors (Lipinski definition) is 4. The van der Waals surface area contributed by atoms with Gasteiger partial charge in [-0.2, -0.15) is 0 Å². The van der Waals surface area contributed by atoms with E-state index in [-0.39, 0.29) is 0 Å². The largest absolute Gasteiger partial charge is 0.277 e. The van der Waals surface area contributed by atoms with Crippen LogP contribution < -0.4 is 0 Å². The quantitative estimate of drug-likeness (QED) is 0.180. The Labute approximate surface area is 324 Å². The van der Waals surface area contributed by atoms with E-state index in [1.807, 2.05) is 11.3 Å². The third-order valence-corrected chi connectivity index (χ3v) is 13.3. The van der Waals surface area contributed by atoms with E-state index >= 15 is 0 Å². The molecule has 4 aromatic heterocycles. The highest BCUT2D eigenvalue weighted by Crippen LogP contribution is 2.48. The van der Waals surface area contributed by atoms with Crippen molar-refractivity contribution in [1.29, 1.82) is 0 Å². The number of benzene rings is 8. The molecular formula is C50H29N3S2. The molecule has 8 aromatic carbocycles. The summed E-state index contributed by atoms with van der Waals surface area (Å²) in [5.74, 6) is 0.676. The number of aromatic nitrogens is 3. The summed E-state index contributed by atoms with van der Waals surface area (Å²) in [7, 11) is 0. The van der Waals surface area contributed by atoms with E-state index in [0.717, 1.165) is 49.0 Å². The molecule has 0 fully saturated rings. The van der Waals surface area contributed by atoms with Gasteiger partial charge in [0.25, 0.3) is 0 Å². The first-order valence-corrected chi connectivity index (χ1v) is 20.1. The van der Waals surface area contributed by atoms with Crippen molar-refractivity contribution in [2.45, 2.75) is 0 Å². The highest BCUT2D eigenvalue weighted by atomic mass is 32.1. The van der Waals surface area contributed by atoms with Gasteiger partial charge in [-0.15, -0.1) is 22.7 Å². The Morgan fingerprint density at radius 1 is 0.382 bits per heavy atom. The van der Waals surface area contributed by atoms with Crippen LogP contribution in [0.1, 0.15) is 0 Å². The molecule has 12 rings (SSSR count). The molecule has 55 heavy (non-hydrogen) atoms.